The van der Waals surface area contributed by atoms with Crippen LogP contribution in [0.5, 0.6) is 11.5 Å². The van der Waals surface area contributed by atoms with Crippen LogP contribution in [-0.2, 0) is 32.1 Å². The van der Waals surface area contributed by atoms with Gasteiger partial charge < -0.3 is 15.7 Å². The summed E-state index contributed by atoms with van der Waals surface area (Å²) in [7, 11) is 0. The molecular formula is C62H90N2O3. The summed E-state index contributed by atoms with van der Waals surface area (Å²) in [6.07, 6.45) is 34.5. The van der Waals surface area contributed by atoms with E-state index in [9.17, 15) is 20.5 Å². The highest BCUT2D eigenvalue weighted by Gasteiger charge is 2.29. The summed E-state index contributed by atoms with van der Waals surface area (Å²) < 4.78 is 1.50. The average molecular weight is 911 g/mol. The monoisotopic (exact) mass is 911 g/mol. The summed E-state index contributed by atoms with van der Waals surface area (Å²) in [6, 6.07) is 20.9. The molecule has 1 heterocycles. The van der Waals surface area contributed by atoms with Crippen molar-refractivity contribution in [2.45, 2.75) is 228 Å². The number of carbonyl (C=O) groups is 1. The third-order valence-corrected chi connectivity index (χ3v) is 13.8. The lowest BCUT2D eigenvalue weighted by atomic mass is 9.92. The fraction of sp³-hybridized carbons (Fsp3) is 0.565. The van der Waals surface area contributed by atoms with Crippen molar-refractivity contribution < 1.29 is 19.7 Å². The Bertz CT molecular complexity index is 2210. The molecule has 366 valence electrons. The zero-order valence-electron chi connectivity index (χ0n) is 43.3. The quantitative estimate of drug-likeness (QED) is 0.0228. The van der Waals surface area contributed by atoms with Crippen molar-refractivity contribution in [3.05, 3.63) is 122 Å². The molecule has 0 saturated carbocycles. The third-order valence-electron chi connectivity index (χ3n) is 13.8. The number of phenolic OH excluding ortho intramolecular Hbond substituents is 2. The third kappa shape index (κ3) is 17.2. The minimum atomic E-state index is -0.142. The van der Waals surface area contributed by atoms with E-state index in [1.165, 1.54) is 129 Å². The van der Waals surface area contributed by atoms with Gasteiger partial charge in [-0.2, -0.15) is 0 Å². The molecule has 0 fully saturated rings. The number of Topliss-reactive ketones (excluding diaryl/α,β-unsaturated/α-hetero) is 1. The molecule has 1 aliphatic rings. The van der Waals surface area contributed by atoms with Crippen LogP contribution in [0.3, 0.4) is 0 Å². The molecule has 0 atom stereocenters. The number of allylic oxidation sites excluding steroid dienone is 2. The minimum Gasteiger partial charge on any atom is -0.504 e. The number of ketones is 1. The standard InChI is InChI=1S/C36H52N2.C26H38O3/c1-6-11-16-28-21-23-32(25-30(28)18-13-8-3)35-27-33(20-15-10-5)36(38(35)37)34-24-22-29(17-12-7-2)31(26-34)19-14-9-4;1-3-5-7-8-9-10-11-12-13-15-24(27)23-17-22-19-26(29)25(28)18-21(22)16-20(23)14-6-4-2/h21-27H,6-20H2,1-5H3;16-19,28-29H,3-15H2,1-2H3. The van der Waals surface area contributed by atoms with Crippen LogP contribution in [0.2, 0.25) is 0 Å². The number of benzene rings is 4. The molecule has 0 spiro atoms. The highest BCUT2D eigenvalue weighted by molar-refractivity contribution is 6.02. The van der Waals surface area contributed by atoms with Crippen LogP contribution >= 0.6 is 0 Å². The summed E-state index contributed by atoms with van der Waals surface area (Å²) in [5.74, 6) is -0.0580. The Morgan fingerprint density at radius 1 is 0.448 bits per heavy atom. The summed E-state index contributed by atoms with van der Waals surface area (Å²) in [6.45, 7) is 15.7. The molecule has 0 aromatic heterocycles. The molecule has 5 heteroatoms. The van der Waals surface area contributed by atoms with Crippen LogP contribution in [0, 0.1) is 0 Å². The van der Waals surface area contributed by atoms with Gasteiger partial charge in [0.2, 0.25) is 11.4 Å². The van der Waals surface area contributed by atoms with Gasteiger partial charge in [0.25, 0.3) is 0 Å². The Labute approximate surface area is 408 Å². The number of fused-ring (bicyclic) bond motifs is 1. The molecule has 4 aromatic rings. The molecule has 0 saturated heterocycles. The van der Waals surface area contributed by atoms with Crippen LogP contribution < -0.4 is 0 Å². The second kappa shape index (κ2) is 30.8. The molecule has 0 amide bonds. The molecule has 2 N–H and O–H groups in total. The molecular weight excluding hydrogens is 821 g/mol. The number of nitrogens with zero attached hydrogens (tertiary/aromatic N) is 2. The topological polar surface area (TPSA) is 82.8 Å². The van der Waals surface area contributed by atoms with Crippen LogP contribution in [0.25, 0.3) is 27.7 Å². The van der Waals surface area contributed by atoms with E-state index >= 15 is 0 Å². The van der Waals surface area contributed by atoms with Gasteiger partial charge in [-0.15, -0.1) is 0 Å². The van der Waals surface area contributed by atoms with E-state index in [1.54, 1.807) is 12.1 Å². The molecule has 4 aromatic carbocycles. The molecule has 67 heavy (non-hydrogen) atoms. The van der Waals surface area contributed by atoms with E-state index in [1.807, 2.05) is 12.1 Å². The first-order valence-corrected chi connectivity index (χ1v) is 27.3. The smallest absolute Gasteiger partial charge is 0.210 e. The molecule has 5 rings (SSSR count). The molecule has 0 bridgehead atoms. The molecule has 1 aliphatic heterocycles. The first kappa shape index (κ1) is 55.1. The van der Waals surface area contributed by atoms with Gasteiger partial charge in [0.05, 0.1) is 0 Å². The zero-order chi connectivity index (χ0) is 48.4. The molecule has 0 unspecified atom stereocenters. The summed E-state index contributed by atoms with van der Waals surface area (Å²) in [5.41, 5.74) is 24.9. The number of hydrogen-bond acceptors (Lipinski definition) is 3. The number of aryl methyl sites for hydroxylation is 5. The largest absolute Gasteiger partial charge is 0.504 e. The number of aromatic hydroxyl groups is 2. The Hall–Kier alpha value is -4.51. The van der Waals surface area contributed by atoms with E-state index < -0.39 is 0 Å². The SMILES string of the molecule is CCCCC1=C(c2ccc(CCCC)c(CCCC)c2)[N+](=[N-])C(c2ccc(CCCC)c(CCCC)c2)=C1.CCCCCCCCCCCC(=O)c1cc2cc(O)c(O)cc2cc1CCCC. The highest BCUT2D eigenvalue weighted by Crippen LogP contribution is 2.39. The van der Waals surface area contributed by atoms with Crippen LogP contribution in [0.4, 0.5) is 0 Å². The molecule has 5 nitrogen and oxygen atoms in total. The Balaban J connectivity index is 0.000000304. The maximum atomic E-state index is 12.9. The van der Waals surface area contributed by atoms with Gasteiger partial charge in [-0.3, -0.25) is 4.79 Å². The lowest BCUT2D eigenvalue weighted by molar-refractivity contribution is -0.344. The van der Waals surface area contributed by atoms with Gasteiger partial charge in [0.15, 0.2) is 17.3 Å². The van der Waals surface area contributed by atoms with Gasteiger partial charge in [-0.1, -0.05) is 157 Å². The van der Waals surface area contributed by atoms with Crippen molar-refractivity contribution in [2.24, 2.45) is 0 Å². The van der Waals surface area contributed by atoms with Crippen LogP contribution in [0.1, 0.15) is 245 Å². The maximum Gasteiger partial charge on any atom is 0.210 e. The van der Waals surface area contributed by atoms with Gasteiger partial charge >= 0.3 is 0 Å². The normalized spacial score (nSPS) is 12.5. The highest BCUT2D eigenvalue weighted by atomic mass is 16.3. The fourth-order valence-corrected chi connectivity index (χ4v) is 9.54. The number of carbonyl (C=O) groups excluding carboxylic acids is 1. The number of phenols is 2. The summed E-state index contributed by atoms with van der Waals surface area (Å²) in [4.78, 5) is 12.9. The lowest BCUT2D eigenvalue weighted by Crippen LogP contribution is -2.05. The van der Waals surface area contributed by atoms with Crippen molar-refractivity contribution >= 4 is 27.9 Å². The first-order valence-electron chi connectivity index (χ1n) is 27.3. The second-order valence-electron chi connectivity index (χ2n) is 19.5. The van der Waals surface area contributed by atoms with E-state index in [4.69, 9.17) is 0 Å². The predicted molar refractivity (Wildman–Crippen MR) is 287 cm³/mol. The number of hydrogen-bond donors (Lipinski definition) is 2. The zero-order valence-corrected chi connectivity index (χ0v) is 43.3. The Morgan fingerprint density at radius 3 is 1.39 bits per heavy atom. The van der Waals surface area contributed by atoms with E-state index in [-0.39, 0.29) is 17.3 Å². The summed E-state index contributed by atoms with van der Waals surface area (Å²) >= 11 is 0. The van der Waals surface area contributed by atoms with Crippen molar-refractivity contribution in [2.75, 3.05) is 0 Å². The molecule has 0 aliphatic carbocycles. The lowest BCUT2D eigenvalue weighted by Gasteiger charge is -2.15. The second-order valence-corrected chi connectivity index (χ2v) is 19.5. The average Bonchev–Trinajstić information content (AvgIpc) is 3.67. The van der Waals surface area contributed by atoms with Crippen LogP contribution in [0.15, 0.2) is 72.3 Å². The van der Waals surface area contributed by atoms with Gasteiger partial charge in [-0.25, -0.2) is 4.70 Å². The fourth-order valence-electron chi connectivity index (χ4n) is 9.54. The van der Waals surface area contributed by atoms with Crippen LogP contribution in [-0.4, -0.2) is 20.7 Å². The molecule has 0 radical (unpaired) electrons. The Kier molecular flexibility index (Phi) is 25.3. The van der Waals surface area contributed by atoms with E-state index in [2.05, 4.69) is 90.9 Å². The predicted octanol–water partition coefficient (Wildman–Crippen LogP) is 18.7. The maximum absolute atomic E-state index is 12.9. The van der Waals surface area contributed by atoms with Crippen molar-refractivity contribution in [1.82, 2.24) is 0 Å². The van der Waals surface area contributed by atoms with Crippen molar-refractivity contribution in [3.63, 3.8) is 0 Å². The van der Waals surface area contributed by atoms with Gasteiger partial charge in [0, 0.05) is 34.8 Å². The van der Waals surface area contributed by atoms with Gasteiger partial charge in [0.1, 0.15) is 0 Å². The van der Waals surface area contributed by atoms with Gasteiger partial charge in [-0.05, 0) is 165 Å². The van der Waals surface area contributed by atoms with Crippen molar-refractivity contribution in [3.8, 4) is 11.5 Å². The van der Waals surface area contributed by atoms with E-state index in [0.29, 0.717) is 6.42 Å². The minimum absolute atomic E-state index is 0.118. The van der Waals surface area contributed by atoms with Crippen molar-refractivity contribution in [1.29, 1.82) is 0 Å². The Morgan fingerprint density at radius 2 is 0.866 bits per heavy atom. The first-order chi connectivity index (χ1) is 32.6. The van der Waals surface area contributed by atoms with E-state index in [0.717, 1.165) is 121 Å². The number of rotatable bonds is 31. The number of unbranched alkanes of at least 4 members (excludes halogenated alkanes) is 14. The summed E-state index contributed by atoms with van der Waals surface area (Å²) in [5, 5.41) is 21.3.